The van der Waals surface area contributed by atoms with Gasteiger partial charge in [0.2, 0.25) is 0 Å². The van der Waals surface area contributed by atoms with Crippen LogP contribution in [0.15, 0.2) is 61.2 Å². The minimum atomic E-state index is -2.22. The van der Waals surface area contributed by atoms with E-state index in [9.17, 15) is 18.0 Å². The Labute approximate surface area is 221 Å². The van der Waals surface area contributed by atoms with E-state index in [1.807, 2.05) is 26.0 Å². The van der Waals surface area contributed by atoms with Crippen molar-refractivity contribution in [1.29, 1.82) is 0 Å². The van der Waals surface area contributed by atoms with E-state index in [1.54, 1.807) is 36.4 Å². The average molecular weight is 555 g/mol. The SMILES string of the molecule is C=CCOC(COS(=O)N(C)C(=O)Oc1cccc(C)c1)COS(=O)N(C)C(=O)Oc1cccc(C)c1. The Balaban J connectivity index is 1.86. The van der Waals surface area contributed by atoms with Crippen molar-refractivity contribution in [3.05, 3.63) is 72.3 Å². The number of ether oxygens (including phenoxy) is 3. The van der Waals surface area contributed by atoms with Crippen LogP contribution in [0, 0.1) is 13.8 Å². The molecule has 2 amide bonds. The summed E-state index contributed by atoms with van der Waals surface area (Å²) in [6, 6.07) is 13.6. The number of hydrogen-bond acceptors (Lipinski definition) is 9. The van der Waals surface area contributed by atoms with Gasteiger partial charge in [0.1, 0.15) is 17.6 Å². The molecule has 0 bridgehead atoms. The van der Waals surface area contributed by atoms with Crippen molar-refractivity contribution >= 4 is 34.7 Å². The second kappa shape index (κ2) is 15.2. The summed E-state index contributed by atoms with van der Waals surface area (Å²) in [7, 11) is 2.49. The molecule has 0 heterocycles. The fourth-order valence-corrected chi connectivity index (χ4v) is 3.75. The number of carbonyl (C=O) groups excluding carboxylic acids is 2. The molecular formula is C24H30N2O9S2. The number of benzene rings is 2. The fraction of sp³-hybridized carbons (Fsp3) is 0.333. The van der Waals surface area contributed by atoms with E-state index in [0.29, 0.717) is 11.5 Å². The van der Waals surface area contributed by atoms with Gasteiger partial charge in [-0.2, -0.15) is 0 Å². The zero-order valence-electron chi connectivity index (χ0n) is 21.0. The Hall–Kier alpha value is -3.10. The van der Waals surface area contributed by atoms with E-state index in [1.165, 1.54) is 20.2 Å². The van der Waals surface area contributed by atoms with Gasteiger partial charge in [0.05, 0.1) is 19.8 Å². The van der Waals surface area contributed by atoms with Crippen LogP contribution in [0.4, 0.5) is 9.59 Å². The van der Waals surface area contributed by atoms with Gasteiger partial charge < -0.3 is 14.2 Å². The highest BCUT2D eigenvalue weighted by Crippen LogP contribution is 2.15. The first-order chi connectivity index (χ1) is 17.6. The summed E-state index contributed by atoms with van der Waals surface area (Å²) in [5.74, 6) is 0.587. The quantitative estimate of drug-likeness (QED) is 0.342. The molecule has 0 aliphatic carbocycles. The van der Waals surface area contributed by atoms with E-state index in [4.69, 9.17) is 22.6 Å². The van der Waals surface area contributed by atoms with Gasteiger partial charge in [-0.15, -0.1) is 6.58 Å². The molecule has 2 aromatic rings. The standard InChI is InChI=1S/C24H30N2O9S2/c1-6-13-31-22(16-32-36(29)25(4)23(27)34-20-11-7-9-18(2)14-20)17-33-37(30)26(5)24(28)35-21-12-8-10-19(3)15-21/h6-12,14-15,22H,1,13,16-17H2,2-5H3. The summed E-state index contributed by atoms with van der Waals surface area (Å²) in [5.41, 5.74) is 1.78. The van der Waals surface area contributed by atoms with Crippen molar-refractivity contribution < 1.29 is 40.6 Å². The van der Waals surface area contributed by atoms with E-state index in [-0.39, 0.29) is 19.8 Å². The highest BCUT2D eigenvalue weighted by molar-refractivity contribution is 7.78. The lowest BCUT2D eigenvalue weighted by atomic mass is 10.2. The van der Waals surface area contributed by atoms with Gasteiger partial charge in [-0.1, -0.05) is 30.3 Å². The molecule has 0 saturated heterocycles. The summed E-state index contributed by atoms with van der Waals surface area (Å²) < 4.78 is 52.7. The van der Waals surface area contributed by atoms with Crippen molar-refractivity contribution in [1.82, 2.24) is 8.61 Å². The molecule has 0 N–H and O–H groups in total. The molecule has 2 unspecified atom stereocenters. The van der Waals surface area contributed by atoms with Crippen LogP contribution >= 0.6 is 0 Å². The van der Waals surface area contributed by atoms with Gasteiger partial charge in [0.25, 0.3) is 22.5 Å². The lowest BCUT2D eigenvalue weighted by molar-refractivity contribution is 0.0100. The van der Waals surface area contributed by atoms with Gasteiger partial charge in [-0.3, -0.25) is 8.37 Å². The minimum absolute atomic E-state index is 0.0904. The normalized spacial score (nSPS) is 13.2. The van der Waals surface area contributed by atoms with E-state index >= 15 is 0 Å². The van der Waals surface area contributed by atoms with Crippen molar-refractivity contribution in [3.63, 3.8) is 0 Å². The fourth-order valence-electron chi connectivity index (χ4n) is 2.58. The molecule has 0 saturated carbocycles. The molecular weight excluding hydrogens is 524 g/mol. The molecule has 0 aromatic heterocycles. The molecule has 2 rings (SSSR count). The summed E-state index contributed by atoms with van der Waals surface area (Å²) in [6.45, 7) is 6.73. The molecule has 0 aliphatic heterocycles. The maximum Gasteiger partial charge on any atom is 0.428 e. The highest BCUT2D eigenvalue weighted by Gasteiger charge is 2.24. The molecule has 0 aliphatic rings. The van der Waals surface area contributed by atoms with Gasteiger partial charge in [-0.25, -0.2) is 26.6 Å². The maximum absolute atomic E-state index is 12.4. The van der Waals surface area contributed by atoms with Crippen LogP contribution in [0.25, 0.3) is 0 Å². The predicted octanol–water partition coefficient (Wildman–Crippen LogP) is 3.63. The average Bonchev–Trinajstić information content (AvgIpc) is 2.86. The van der Waals surface area contributed by atoms with Crippen LogP contribution in [-0.2, 0) is 35.6 Å². The summed E-state index contributed by atoms with van der Waals surface area (Å²) in [4.78, 5) is 24.5. The number of nitrogens with zero attached hydrogens (tertiary/aromatic N) is 2. The first kappa shape index (κ1) is 30.1. The van der Waals surface area contributed by atoms with E-state index in [0.717, 1.165) is 19.7 Å². The first-order valence-corrected chi connectivity index (χ1v) is 13.0. The second-order valence-electron chi connectivity index (χ2n) is 7.61. The van der Waals surface area contributed by atoms with Crippen LogP contribution in [0.3, 0.4) is 0 Å². The Morgan fingerprint density at radius 2 is 1.30 bits per heavy atom. The molecule has 0 radical (unpaired) electrons. The molecule has 0 fully saturated rings. The Morgan fingerprint density at radius 1 is 0.865 bits per heavy atom. The van der Waals surface area contributed by atoms with Crippen molar-refractivity contribution in [3.8, 4) is 11.5 Å². The van der Waals surface area contributed by atoms with Crippen LogP contribution in [-0.4, -0.2) is 69.2 Å². The third-order valence-electron chi connectivity index (χ3n) is 4.51. The third-order valence-corrected chi connectivity index (χ3v) is 6.38. The smallest absolute Gasteiger partial charge is 0.409 e. The summed E-state index contributed by atoms with van der Waals surface area (Å²) >= 11 is -4.44. The Bertz CT molecular complexity index is 1050. The monoisotopic (exact) mass is 554 g/mol. The van der Waals surface area contributed by atoms with Gasteiger partial charge >= 0.3 is 12.2 Å². The lowest BCUT2D eigenvalue weighted by Gasteiger charge is -2.20. The number of hydrogen-bond donors (Lipinski definition) is 0. The maximum atomic E-state index is 12.4. The van der Waals surface area contributed by atoms with Gasteiger partial charge in [0, 0.05) is 14.1 Å². The predicted molar refractivity (Wildman–Crippen MR) is 138 cm³/mol. The van der Waals surface area contributed by atoms with E-state index < -0.39 is 40.8 Å². The Kier molecular flexibility index (Phi) is 12.4. The van der Waals surface area contributed by atoms with Gasteiger partial charge in [0.15, 0.2) is 0 Å². The topological polar surface area (TPSA) is 121 Å². The van der Waals surface area contributed by atoms with Crippen molar-refractivity contribution in [2.75, 3.05) is 33.9 Å². The zero-order valence-corrected chi connectivity index (χ0v) is 22.6. The highest BCUT2D eigenvalue weighted by atomic mass is 32.2. The van der Waals surface area contributed by atoms with Crippen LogP contribution < -0.4 is 9.47 Å². The molecule has 2 aromatic carbocycles. The lowest BCUT2D eigenvalue weighted by Crippen LogP contribution is -2.37. The Morgan fingerprint density at radius 3 is 1.68 bits per heavy atom. The minimum Gasteiger partial charge on any atom is -0.409 e. The molecule has 11 nitrogen and oxygen atoms in total. The van der Waals surface area contributed by atoms with Crippen molar-refractivity contribution in [2.45, 2.75) is 20.0 Å². The van der Waals surface area contributed by atoms with Crippen LogP contribution in [0.5, 0.6) is 11.5 Å². The number of carbonyl (C=O) groups is 2. The number of amides is 2. The summed E-state index contributed by atoms with van der Waals surface area (Å²) in [6.07, 6.45) is -1.16. The molecule has 0 spiro atoms. The number of rotatable bonds is 13. The third kappa shape index (κ3) is 10.4. The largest absolute Gasteiger partial charge is 0.428 e. The van der Waals surface area contributed by atoms with Crippen LogP contribution in [0.1, 0.15) is 11.1 Å². The molecule has 13 heteroatoms. The molecule has 202 valence electrons. The zero-order chi connectivity index (χ0) is 27.4. The van der Waals surface area contributed by atoms with E-state index in [2.05, 4.69) is 6.58 Å². The second-order valence-corrected chi connectivity index (χ2v) is 10.0. The summed E-state index contributed by atoms with van der Waals surface area (Å²) in [5, 5.41) is 0. The molecule has 37 heavy (non-hydrogen) atoms. The first-order valence-electron chi connectivity index (χ1n) is 11.0. The van der Waals surface area contributed by atoms with Crippen molar-refractivity contribution in [2.24, 2.45) is 0 Å². The molecule has 2 atom stereocenters. The van der Waals surface area contributed by atoms with Crippen LogP contribution in [0.2, 0.25) is 0 Å². The number of aryl methyl sites for hydroxylation is 2. The van der Waals surface area contributed by atoms with Gasteiger partial charge in [-0.05, 0) is 49.2 Å².